The van der Waals surface area contributed by atoms with Crippen LogP contribution in [0.4, 0.5) is 0 Å². The van der Waals surface area contributed by atoms with Crippen LogP contribution < -0.4 is 5.73 Å². The van der Waals surface area contributed by atoms with Gasteiger partial charge in [0.1, 0.15) is 5.84 Å². The number of piperazine rings is 1. The lowest BCUT2D eigenvalue weighted by Gasteiger charge is -2.40. The van der Waals surface area contributed by atoms with Crippen LogP contribution in [-0.2, 0) is 0 Å². The maximum absolute atomic E-state index is 7.48. The quantitative estimate of drug-likeness (QED) is 0.552. The molecule has 4 nitrogen and oxygen atoms in total. The van der Waals surface area contributed by atoms with Crippen molar-refractivity contribution in [2.45, 2.75) is 44.7 Å². The van der Waals surface area contributed by atoms with E-state index in [4.69, 9.17) is 11.1 Å². The highest BCUT2D eigenvalue weighted by atomic mass is 15.3. The fourth-order valence-corrected chi connectivity index (χ4v) is 2.96. The van der Waals surface area contributed by atoms with Crippen LogP contribution in [0.1, 0.15) is 32.6 Å². The molecule has 92 valence electrons. The predicted octanol–water partition coefficient (Wildman–Crippen LogP) is 0.871. The van der Waals surface area contributed by atoms with Gasteiger partial charge in [-0.2, -0.15) is 0 Å². The molecule has 1 saturated carbocycles. The molecule has 0 aromatic carbocycles. The smallest absolute Gasteiger partial charge is 0.108 e. The van der Waals surface area contributed by atoms with E-state index in [1.165, 1.54) is 25.7 Å². The summed E-state index contributed by atoms with van der Waals surface area (Å²) in [7, 11) is 0. The van der Waals surface area contributed by atoms with Crippen LogP contribution in [0.5, 0.6) is 0 Å². The SMILES string of the molecule is CC(C(=N)N)N1CCN(C2CCCC2)CC1. The second kappa shape index (κ2) is 5.15. The number of amidine groups is 1. The Morgan fingerprint density at radius 1 is 1.19 bits per heavy atom. The number of hydrogen-bond donors (Lipinski definition) is 2. The van der Waals surface area contributed by atoms with Crippen LogP contribution in [0.15, 0.2) is 0 Å². The molecule has 0 spiro atoms. The Labute approximate surface area is 98.3 Å². The van der Waals surface area contributed by atoms with Crippen LogP contribution >= 0.6 is 0 Å². The van der Waals surface area contributed by atoms with Crippen LogP contribution in [-0.4, -0.2) is 53.9 Å². The molecule has 0 aromatic heterocycles. The van der Waals surface area contributed by atoms with Gasteiger partial charge in [-0.05, 0) is 19.8 Å². The molecule has 0 radical (unpaired) electrons. The molecular formula is C12H24N4. The van der Waals surface area contributed by atoms with Crippen molar-refractivity contribution in [1.29, 1.82) is 5.41 Å². The highest BCUT2D eigenvalue weighted by Crippen LogP contribution is 2.24. The Bertz CT molecular complexity index is 239. The molecule has 0 amide bonds. The topological polar surface area (TPSA) is 56.4 Å². The normalized spacial score (nSPS) is 27.1. The summed E-state index contributed by atoms with van der Waals surface area (Å²) in [6.07, 6.45) is 5.61. The largest absolute Gasteiger partial charge is 0.386 e. The van der Waals surface area contributed by atoms with E-state index in [0.29, 0.717) is 5.84 Å². The summed E-state index contributed by atoms with van der Waals surface area (Å²) in [5.41, 5.74) is 5.55. The minimum Gasteiger partial charge on any atom is -0.386 e. The first-order valence-corrected chi connectivity index (χ1v) is 6.50. The lowest BCUT2D eigenvalue weighted by Crippen LogP contribution is -2.54. The molecule has 3 N–H and O–H groups in total. The molecule has 16 heavy (non-hydrogen) atoms. The Kier molecular flexibility index (Phi) is 3.82. The fourth-order valence-electron chi connectivity index (χ4n) is 2.96. The third kappa shape index (κ3) is 2.55. The van der Waals surface area contributed by atoms with Gasteiger partial charge in [0.25, 0.3) is 0 Å². The zero-order valence-electron chi connectivity index (χ0n) is 10.3. The molecule has 4 heteroatoms. The van der Waals surface area contributed by atoms with Crippen molar-refractivity contribution in [3.8, 4) is 0 Å². The molecule has 1 atom stereocenters. The number of nitrogens with one attached hydrogen (secondary N) is 1. The number of nitrogens with two attached hydrogens (primary N) is 1. The molecule has 0 bridgehead atoms. The van der Waals surface area contributed by atoms with Gasteiger partial charge >= 0.3 is 0 Å². The fraction of sp³-hybridized carbons (Fsp3) is 0.917. The van der Waals surface area contributed by atoms with Gasteiger partial charge in [-0.3, -0.25) is 15.2 Å². The van der Waals surface area contributed by atoms with Crippen molar-refractivity contribution in [3.63, 3.8) is 0 Å². The summed E-state index contributed by atoms with van der Waals surface area (Å²) in [5.74, 6) is 0.300. The highest BCUT2D eigenvalue weighted by Gasteiger charge is 2.28. The van der Waals surface area contributed by atoms with Crippen molar-refractivity contribution in [3.05, 3.63) is 0 Å². The van der Waals surface area contributed by atoms with Crippen LogP contribution in [0.3, 0.4) is 0 Å². The molecule has 1 aliphatic heterocycles. The summed E-state index contributed by atoms with van der Waals surface area (Å²) in [6.45, 7) is 6.48. The molecular weight excluding hydrogens is 200 g/mol. The first kappa shape index (κ1) is 11.9. The first-order valence-electron chi connectivity index (χ1n) is 6.50. The van der Waals surface area contributed by atoms with E-state index in [1.807, 2.05) is 6.92 Å². The van der Waals surface area contributed by atoms with Crippen LogP contribution in [0.25, 0.3) is 0 Å². The molecule has 0 aromatic rings. The molecule has 2 aliphatic rings. The van der Waals surface area contributed by atoms with Gasteiger partial charge in [-0.15, -0.1) is 0 Å². The van der Waals surface area contributed by atoms with Crippen molar-refractivity contribution >= 4 is 5.84 Å². The minimum absolute atomic E-state index is 0.116. The summed E-state index contributed by atoms with van der Waals surface area (Å²) in [6, 6.07) is 0.959. The minimum atomic E-state index is 0.116. The van der Waals surface area contributed by atoms with E-state index >= 15 is 0 Å². The van der Waals surface area contributed by atoms with Crippen LogP contribution in [0.2, 0.25) is 0 Å². The van der Waals surface area contributed by atoms with Gasteiger partial charge < -0.3 is 5.73 Å². The summed E-state index contributed by atoms with van der Waals surface area (Å²) in [5, 5.41) is 7.48. The second-order valence-electron chi connectivity index (χ2n) is 5.14. The van der Waals surface area contributed by atoms with E-state index in [9.17, 15) is 0 Å². The van der Waals surface area contributed by atoms with E-state index in [1.54, 1.807) is 0 Å². The molecule has 1 aliphatic carbocycles. The van der Waals surface area contributed by atoms with Crippen molar-refractivity contribution in [2.24, 2.45) is 5.73 Å². The predicted molar refractivity (Wildman–Crippen MR) is 66.8 cm³/mol. The zero-order valence-corrected chi connectivity index (χ0v) is 10.3. The molecule has 1 saturated heterocycles. The summed E-state index contributed by atoms with van der Waals surface area (Å²) < 4.78 is 0. The lowest BCUT2D eigenvalue weighted by atomic mass is 10.1. The third-order valence-corrected chi connectivity index (χ3v) is 4.19. The van der Waals surface area contributed by atoms with E-state index in [-0.39, 0.29) is 6.04 Å². The first-order chi connectivity index (χ1) is 7.68. The molecule has 1 heterocycles. The Hall–Kier alpha value is -0.610. The molecule has 2 rings (SSSR count). The van der Waals surface area contributed by atoms with Crippen molar-refractivity contribution in [2.75, 3.05) is 26.2 Å². The van der Waals surface area contributed by atoms with Gasteiger partial charge in [0, 0.05) is 32.2 Å². The van der Waals surface area contributed by atoms with E-state index in [0.717, 1.165) is 32.2 Å². The van der Waals surface area contributed by atoms with Gasteiger partial charge in [0.2, 0.25) is 0 Å². The van der Waals surface area contributed by atoms with Crippen molar-refractivity contribution < 1.29 is 0 Å². The average molecular weight is 224 g/mol. The number of nitrogens with zero attached hydrogens (tertiary/aromatic N) is 2. The molecule has 1 unspecified atom stereocenters. The summed E-state index contributed by atoms with van der Waals surface area (Å²) >= 11 is 0. The third-order valence-electron chi connectivity index (χ3n) is 4.19. The summed E-state index contributed by atoms with van der Waals surface area (Å²) in [4.78, 5) is 4.96. The van der Waals surface area contributed by atoms with E-state index in [2.05, 4.69) is 9.80 Å². The standard InChI is InChI=1S/C12H24N4/c1-10(12(13)14)15-6-8-16(9-7-15)11-4-2-3-5-11/h10-11H,2-9H2,1H3,(H3,13,14). The average Bonchev–Trinajstić information content (AvgIpc) is 2.81. The maximum atomic E-state index is 7.48. The Balaban J connectivity index is 1.79. The number of hydrogen-bond acceptors (Lipinski definition) is 3. The van der Waals surface area contributed by atoms with Crippen molar-refractivity contribution in [1.82, 2.24) is 9.80 Å². The highest BCUT2D eigenvalue weighted by molar-refractivity contribution is 5.82. The van der Waals surface area contributed by atoms with E-state index < -0.39 is 0 Å². The monoisotopic (exact) mass is 224 g/mol. The van der Waals surface area contributed by atoms with Gasteiger partial charge in [-0.1, -0.05) is 12.8 Å². The maximum Gasteiger partial charge on any atom is 0.108 e. The second-order valence-corrected chi connectivity index (χ2v) is 5.14. The number of rotatable bonds is 3. The lowest BCUT2D eigenvalue weighted by molar-refractivity contribution is 0.0900. The van der Waals surface area contributed by atoms with Gasteiger partial charge in [0.05, 0.1) is 6.04 Å². The Morgan fingerprint density at radius 3 is 2.25 bits per heavy atom. The molecule has 2 fully saturated rings. The zero-order chi connectivity index (χ0) is 11.5. The van der Waals surface area contributed by atoms with Gasteiger partial charge in [-0.25, -0.2) is 0 Å². The van der Waals surface area contributed by atoms with Crippen LogP contribution in [0, 0.1) is 5.41 Å². The Morgan fingerprint density at radius 2 is 1.75 bits per heavy atom. The van der Waals surface area contributed by atoms with Gasteiger partial charge in [0.15, 0.2) is 0 Å².